The van der Waals surface area contributed by atoms with Crippen LogP contribution in [0.15, 0.2) is 52.3 Å². The number of nitrogens with zero attached hydrogens (tertiary/aromatic N) is 1. The molecule has 1 heterocycles. The average Bonchev–Trinajstić information content (AvgIpc) is 2.71. The molecule has 150 valence electrons. The molecule has 0 saturated carbocycles. The fourth-order valence-electron chi connectivity index (χ4n) is 3.23. The van der Waals surface area contributed by atoms with Gasteiger partial charge in [-0.15, -0.1) is 11.8 Å². The number of halogens is 1. The molecule has 3 rings (SSSR count). The molecule has 5 nitrogen and oxygen atoms in total. The van der Waals surface area contributed by atoms with E-state index in [0.29, 0.717) is 41.5 Å². The van der Waals surface area contributed by atoms with Gasteiger partial charge in [0.15, 0.2) is 0 Å². The van der Waals surface area contributed by atoms with Crippen molar-refractivity contribution in [3.8, 4) is 0 Å². The zero-order valence-electron chi connectivity index (χ0n) is 15.8. The fraction of sp³-hybridized carbons (Fsp3) is 0.350. The van der Waals surface area contributed by atoms with Gasteiger partial charge < -0.3 is 5.32 Å². The first-order chi connectivity index (χ1) is 13.3. The van der Waals surface area contributed by atoms with Crippen LogP contribution in [0.1, 0.15) is 18.4 Å². The zero-order valence-corrected chi connectivity index (χ0v) is 18.2. The largest absolute Gasteiger partial charge is 0.326 e. The summed E-state index contributed by atoms with van der Waals surface area (Å²) in [5.74, 6) is -0.310. The molecule has 0 radical (unpaired) electrons. The van der Waals surface area contributed by atoms with E-state index in [9.17, 15) is 13.2 Å². The summed E-state index contributed by atoms with van der Waals surface area (Å²) in [4.78, 5) is 13.9. The van der Waals surface area contributed by atoms with Crippen LogP contribution in [0.25, 0.3) is 0 Å². The molecule has 1 saturated heterocycles. The normalized spacial score (nSPS) is 16.1. The van der Waals surface area contributed by atoms with E-state index in [0.717, 1.165) is 10.5 Å². The molecule has 0 unspecified atom stereocenters. The molecule has 0 aromatic heterocycles. The highest BCUT2D eigenvalue weighted by Gasteiger charge is 2.32. The minimum atomic E-state index is -3.53. The van der Waals surface area contributed by atoms with Gasteiger partial charge >= 0.3 is 0 Å². The van der Waals surface area contributed by atoms with Crippen molar-refractivity contribution in [1.29, 1.82) is 0 Å². The Morgan fingerprint density at radius 3 is 2.39 bits per heavy atom. The predicted octanol–water partition coefficient (Wildman–Crippen LogP) is 4.41. The van der Waals surface area contributed by atoms with Crippen molar-refractivity contribution in [2.75, 3.05) is 24.7 Å². The van der Waals surface area contributed by atoms with Gasteiger partial charge in [0.05, 0.1) is 4.90 Å². The van der Waals surface area contributed by atoms with Crippen molar-refractivity contribution >= 4 is 45.0 Å². The first kappa shape index (κ1) is 21.2. The number of sulfonamides is 1. The van der Waals surface area contributed by atoms with Crippen molar-refractivity contribution in [3.63, 3.8) is 0 Å². The van der Waals surface area contributed by atoms with E-state index in [4.69, 9.17) is 11.6 Å². The molecule has 28 heavy (non-hydrogen) atoms. The average molecular weight is 439 g/mol. The lowest BCUT2D eigenvalue weighted by Crippen LogP contribution is -2.41. The van der Waals surface area contributed by atoms with Crippen LogP contribution in [0.4, 0.5) is 5.69 Å². The second-order valence-electron chi connectivity index (χ2n) is 6.76. The van der Waals surface area contributed by atoms with Crippen molar-refractivity contribution in [3.05, 3.63) is 53.1 Å². The van der Waals surface area contributed by atoms with Gasteiger partial charge in [-0.3, -0.25) is 4.79 Å². The van der Waals surface area contributed by atoms with Crippen LogP contribution in [-0.4, -0.2) is 38.0 Å². The van der Waals surface area contributed by atoms with Gasteiger partial charge in [0, 0.05) is 34.6 Å². The second-order valence-corrected chi connectivity index (χ2v) is 9.98. The number of carbonyl (C=O) groups is 1. The third-order valence-electron chi connectivity index (χ3n) is 5.05. The second kappa shape index (κ2) is 8.86. The van der Waals surface area contributed by atoms with E-state index in [-0.39, 0.29) is 11.8 Å². The topological polar surface area (TPSA) is 66.5 Å². The summed E-state index contributed by atoms with van der Waals surface area (Å²) in [6.45, 7) is 2.52. The lowest BCUT2D eigenvalue weighted by atomic mass is 9.97. The maximum absolute atomic E-state index is 12.8. The lowest BCUT2D eigenvalue weighted by Gasteiger charge is -2.30. The number of benzene rings is 2. The first-order valence-corrected chi connectivity index (χ1v) is 12.1. The van der Waals surface area contributed by atoms with Gasteiger partial charge in [-0.1, -0.05) is 17.7 Å². The summed E-state index contributed by atoms with van der Waals surface area (Å²) < 4.78 is 27.1. The van der Waals surface area contributed by atoms with Crippen LogP contribution in [0.3, 0.4) is 0 Å². The van der Waals surface area contributed by atoms with Gasteiger partial charge in [0.1, 0.15) is 0 Å². The standard InChI is InChI=1S/C20H23ClN2O3S2/c1-14-18(21)4-3-5-19(14)22-20(24)15-10-12-23(13-11-15)28(25,26)17-8-6-16(27-2)7-9-17/h3-9,15H,10-13H2,1-2H3,(H,22,24). The maximum Gasteiger partial charge on any atom is 0.243 e. The molecule has 2 aromatic carbocycles. The Bertz CT molecular complexity index is 954. The summed E-state index contributed by atoms with van der Waals surface area (Å²) in [6.07, 6.45) is 2.94. The number of nitrogens with one attached hydrogen (secondary N) is 1. The summed E-state index contributed by atoms with van der Waals surface area (Å²) >= 11 is 7.67. The molecule has 0 bridgehead atoms. The van der Waals surface area contributed by atoms with Crippen molar-refractivity contribution in [2.45, 2.75) is 29.6 Å². The number of hydrogen-bond donors (Lipinski definition) is 1. The minimum absolute atomic E-state index is 0.0910. The number of piperidine rings is 1. The van der Waals surface area contributed by atoms with Gasteiger partial charge in [-0.2, -0.15) is 4.31 Å². The highest BCUT2D eigenvalue weighted by molar-refractivity contribution is 7.98. The Hall–Kier alpha value is -1.54. The summed E-state index contributed by atoms with van der Waals surface area (Å²) in [5, 5.41) is 3.53. The van der Waals surface area contributed by atoms with Crippen LogP contribution in [0.2, 0.25) is 5.02 Å². The van der Waals surface area contributed by atoms with E-state index in [1.165, 1.54) is 4.31 Å². The van der Waals surface area contributed by atoms with Crippen molar-refractivity contribution < 1.29 is 13.2 Å². The number of thioether (sulfide) groups is 1. The quantitative estimate of drug-likeness (QED) is 0.702. The lowest BCUT2D eigenvalue weighted by molar-refractivity contribution is -0.120. The van der Waals surface area contributed by atoms with Gasteiger partial charge in [0.25, 0.3) is 0 Å². The van der Waals surface area contributed by atoms with E-state index >= 15 is 0 Å². The Morgan fingerprint density at radius 1 is 1.14 bits per heavy atom. The van der Waals surface area contributed by atoms with Crippen molar-refractivity contribution in [2.24, 2.45) is 5.92 Å². The molecule has 8 heteroatoms. The number of carbonyl (C=O) groups excluding carboxylic acids is 1. The molecule has 1 aliphatic rings. The molecule has 1 aliphatic heterocycles. The third kappa shape index (κ3) is 4.54. The van der Waals surface area contributed by atoms with E-state index in [1.54, 1.807) is 36.0 Å². The van der Waals surface area contributed by atoms with Crippen LogP contribution in [-0.2, 0) is 14.8 Å². The Labute approximate surface area is 175 Å². The van der Waals surface area contributed by atoms with E-state index in [2.05, 4.69) is 5.32 Å². The van der Waals surface area contributed by atoms with Crippen LogP contribution in [0, 0.1) is 12.8 Å². The third-order valence-corrected chi connectivity index (χ3v) is 8.11. The molecule has 1 N–H and O–H groups in total. The zero-order chi connectivity index (χ0) is 20.3. The highest BCUT2D eigenvalue weighted by Crippen LogP contribution is 2.28. The molecule has 1 amide bonds. The van der Waals surface area contributed by atoms with Crippen molar-refractivity contribution in [1.82, 2.24) is 4.31 Å². The van der Waals surface area contributed by atoms with Crippen LogP contribution < -0.4 is 5.32 Å². The number of amides is 1. The summed E-state index contributed by atoms with van der Waals surface area (Å²) in [7, 11) is -3.53. The molecular formula is C20H23ClN2O3S2. The van der Waals surface area contributed by atoms with Crippen LogP contribution in [0.5, 0.6) is 0 Å². The van der Waals surface area contributed by atoms with E-state index < -0.39 is 10.0 Å². The number of anilines is 1. The highest BCUT2D eigenvalue weighted by atomic mass is 35.5. The number of rotatable bonds is 5. The van der Waals surface area contributed by atoms with Gasteiger partial charge in [0.2, 0.25) is 15.9 Å². The molecular weight excluding hydrogens is 416 g/mol. The monoisotopic (exact) mass is 438 g/mol. The molecule has 0 spiro atoms. The summed E-state index contributed by atoms with van der Waals surface area (Å²) in [6, 6.07) is 12.3. The molecule has 0 atom stereocenters. The van der Waals surface area contributed by atoms with E-state index in [1.807, 2.05) is 31.4 Å². The predicted molar refractivity (Wildman–Crippen MR) is 115 cm³/mol. The summed E-state index contributed by atoms with van der Waals surface area (Å²) in [5.41, 5.74) is 1.52. The molecule has 2 aromatic rings. The Kier molecular flexibility index (Phi) is 6.70. The smallest absolute Gasteiger partial charge is 0.243 e. The maximum atomic E-state index is 12.8. The first-order valence-electron chi connectivity index (χ1n) is 9.03. The number of hydrogen-bond acceptors (Lipinski definition) is 4. The van der Waals surface area contributed by atoms with Gasteiger partial charge in [-0.25, -0.2) is 8.42 Å². The Balaban J connectivity index is 1.63. The van der Waals surface area contributed by atoms with Crippen LogP contribution >= 0.6 is 23.4 Å². The minimum Gasteiger partial charge on any atom is -0.326 e. The SMILES string of the molecule is CSc1ccc(S(=O)(=O)N2CCC(C(=O)Nc3cccc(Cl)c3C)CC2)cc1. The fourth-order valence-corrected chi connectivity index (χ4v) is 5.29. The Morgan fingerprint density at radius 2 is 1.79 bits per heavy atom. The molecule has 0 aliphatic carbocycles. The van der Waals surface area contributed by atoms with Gasteiger partial charge in [-0.05, 0) is 68.0 Å². The molecule has 1 fully saturated rings.